The minimum atomic E-state index is -0.623. The number of carbonyl (C=O) groups is 1. The van der Waals surface area contributed by atoms with Gasteiger partial charge in [-0.25, -0.2) is 0 Å². The number of aromatic nitrogens is 2. The van der Waals surface area contributed by atoms with E-state index in [-0.39, 0.29) is 21.9 Å². The number of hydrogen-bond acceptors (Lipinski definition) is 5. The van der Waals surface area contributed by atoms with Gasteiger partial charge in [0.2, 0.25) is 0 Å². The number of hydrogen-bond donors (Lipinski definition) is 1. The Morgan fingerprint density at radius 3 is 2.58 bits per heavy atom. The van der Waals surface area contributed by atoms with Crippen molar-refractivity contribution < 1.29 is 9.72 Å². The van der Waals surface area contributed by atoms with Gasteiger partial charge in [-0.05, 0) is 38.5 Å². The lowest BCUT2D eigenvalue weighted by atomic mass is 10.2. The Bertz CT molecular complexity index is 852. The van der Waals surface area contributed by atoms with Gasteiger partial charge in [0.25, 0.3) is 5.91 Å². The Morgan fingerprint density at radius 2 is 2.00 bits per heavy atom. The molecule has 2 heterocycles. The fraction of sp³-hybridized carbons (Fsp3) is 0.333. The number of carbonyl (C=O) groups excluding carboxylic acids is 1. The number of halogens is 3. The third-order valence-corrected chi connectivity index (χ3v) is 5.48. The van der Waals surface area contributed by atoms with Crippen LogP contribution in [0.2, 0.25) is 10.0 Å². The summed E-state index contributed by atoms with van der Waals surface area (Å²) in [6.07, 6.45) is 0. The number of amides is 1. The minimum absolute atomic E-state index is 0.0193. The van der Waals surface area contributed by atoms with E-state index < -0.39 is 4.92 Å². The van der Waals surface area contributed by atoms with Gasteiger partial charge < -0.3 is 15.0 Å². The number of benzene rings is 1. The van der Waals surface area contributed by atoms with Crippen molar-refractivity contribution in [3.8, 4) is 0 Å². The number of nitro groups is 1. The molecule has 1 saturated heterocycles. The van der Waals surface area contributed by atoms with Crippen LogP contribution in [-0.4, -0.2) is 57.0 Å². The van der Waals surface area contributed by atoms with E-state index in [1.165, 1.54) is 0 Å². The molecule has 1 aromatic heterocycles. The van der Waals surface area contributed by atoms with E-state index in [2.05, 4.69) is 31.0 Å². The van der Waals surface area contributed by atoms with Crippen molar-refractivity contribution in [1.82, 2.24) is 20.0 Å². The quantitative estimate of drug-likeness (QED) is 0.555. The Balaban J connectivity index is 1.61. The van der Waals surface area contributed by atoms with Crippen LogP contribution in [0.5, 0.6) is 0 Å². The molecule has 0 spiro atoms. The molecule has 26 heavy (non-hydrogen) atoms. The molecule has 1 amide bonds. The van der Waals surface area contributed by atoms with E-state index in [1.807, 2.05) is 6.07 Å². The Kier molecular flexibility index (Phi) is 5.81. The first-order valence-electron chi connectivity index (χ1n) is 7.70. The van der Waals surface area contributed by atoms with Crippen LogP contribution < -0.4 is 0 Å². The number of nitrogens with zero attached hydrogens (tertiary/aromatic N) is 4. The highest BCUT2D eigenvalue weighted by Crippen LogP contribution is 2.27. The molecular weight excluding hydrogens is 449 g/mol. The van der Waals surface area contributed by atoms with Crippen LogP contribution in [0.15, 0.2) is 22.7 Å². The second-order valence-electron chi connectivity index (χ2n) is 5.80. The lowest BCUT2D eigenvalue weighted by molar-refractivity contribution is -0.390. The fourth-order valence-electron chi connectivity index (χ4n) is 2.73. The standard InChI is InChI=1S/C15H14BrCl2N5O3/c16-12-13(19-20-14(12)23(25)26)15(24)22-5-3-21(4-6-22)8-9-1-2-10(17)7-11(9)18/h1-2,7H,3-6,8H2,(H,19,20). The highest BCUT2D eigenvalue weighted by atomic mass is 79.9. The zero-order valence-electron chi connectivity index (χ0n) is 13.4. The lowest BCUT2D eigenvalue weighted by Gasteiger charge is -2.34. The predicted octanol–water partition coefficient (Wildman–Crippen LogP) is 3.35. The van der Waals surface area contributed by atoms with Crippen LogP contribution in [0.25, 0.3) is 0 Å². The number of piperazine rings is 1. The largest absolute Gasteiger partial charge is 0.358 e. The molecule has 0 atom stereocenters. The van der Waals surface area contributed by atoms with Gasteiger partial charge in [0.05, 0.1) is 0 Å². The van der Waals surface area contributed by atoms with E-state index in [1.54, 1.807) is 17.0 Å². The Hall–Kier alpha value is -1.68. The summed E-state index contributed by atoms with van der Waals surface area (Å²) >= 11 is 15.2. The van der Waals surface area contributed by atoms with Crippen LogP contribution >= 0.6 is 39.1 Å². The molecule has 2 aromatic rings. The van der Waals surface area contributed by atoms with Gasteiger partial charge >= 0.3 is 5.82 Å². The third kappa shape index (κ3) is 4.01. The fourth-order valence-corrected chi connectivity index (χ4v) is 3.69. The molecule has 138 valence electrons. The van der Waals surface area contributed by atoms with E-state index in [0.29, 0.717) is 42.8 Å². The van der Waals surface area contributed by atoms with Gasteiger partial charge in [-0.2, -0.15) is 0 Å². The molecule has 3 rings (SSSR count). The third-order valence-electron chi connectivity index (χ3n) is 4.14. The van der Waals surface area contributed by atoms with Gasteiger partial charge in [-0.1, -0.05) is 34.4 Å². The van der Waals surface area contributed by atoms with Crippen LogP contribution in [0.1, 0.15) is 16.1 Å². The van der Waals surface area contributed by atoms with Crippen LogP contribution in [0, 0.1) is 10.1 Å². The first-order valence-corrected chi connectivity index (χ1v) is 9.25. The molecule has 0 bridgehead atoms. The molecular formula is C15H14BrCl2N5O3. The van der Waals surface area contributed by atoms with Crippen molar-refractivity contribution in [2.24, 2.45) is 0 Å². The molecule has 0 radical (unpaired) electrons. The van der Waals surface area contributed by atoms with Gasteiger partial charge in [0.15, 0.2) is 5.69 Å². The summed E-state index contributed by atoms with van der Waals surface area (Å²) in [5.74, 6) is -0.672. The summed E-state index contributed by atoms with van der Waals surface area (Å²) in [6.45, 7) is 2.98. The van der Waals surface area contributed by atoms with Gasteiger partial charge in [0.1, 0.15) is 4.47 Å². The van der Waals surface area contributed by atoms with Crippen molar-refractivity contribution in [2.75, 3.05) is 26.2 Å². The molecule has 1 N–H and O–H groups in total. The predicted molar refractivity (Wildman–Crippen MR) is 101 cm³/mol. The van der Waals surface area contributed by atoms with Gasteiger partial charge in [-0.3, -0.25) is 9.69 Å². The number of H-pyrrole nitrogens is 1. The van der Waals surface area contributed by atoms with Crippen molar-refractivity contribution in [3.63, 3.8) is 0 Å². The Morgan fingerprint density at radius 1 is 1.31 bits per heavy atom. The van der Waals surface area contributed by atoms with Crippen LogP contribution in [0.4, 0.5) is 5.82 Å². The summed E-state index contributed by atoms with van der Waals surface area (Å²) in [5.41, 5.74) is 0.993. The lowest BCUT2D eigenvalue weighted by Crippen LogP contribution is -2.48. The average Bonchev–Trinajstić information content (AvgIpc) is 2.99. The molecule has 8 nitrogen and oxygen atoms in total. The second kappa shape index (κ2) is 7.91. The zero-order valence-corrected chi connectivity index (χ0v) is 16.5. The van der Waals surface area contributed by atoms with Crippen molar-refractivity contribution in [3.05, 3.63) is 54.1 Å². The normalized spacial score (nSPS) is 15.3. The minimum Gasteiger partial charge on any atom is -0.358 e. The molecule has 1 fully saturated rings. The van der Waals surface area contributed by atoms with Gasteiger partial charge in [-0.15, -0.1) is 5.10 Å². The van der Waals surface area contributed by atoms with E-state index in [4.69, 9.17) is 23.2 Å². The van der Waals surface area contributed by atoms with Crippen molar-refractivity contribution >= 4 is 50.9 Å². The first-order chi connectivity index (χ1) is 12.4. The monoisotopic (exact) mass is 461 g/mol. The van der Waals surface area contributed by atoms with E-state index in [0.717, 1.165) is 5.56 Å². The maximum Gasteiger partial charge on any atom is 0.357 e. The SMILES string of the molecule is O=C(c1n[nH]c([N+](=O)[O-])c1Br)N1CCN(Cc2ccc(Cl)cc2Cl)CC1. The second-order valence-corrected chi connectivity index (χ2v) is 7.43. The summed E-state index contributed by atoms with van der Waals surface area (Å²) in [5, 5.41) is 18.1. The summed E-state index contributed by atoms with van der Waals surface area (Å²) in [7, 11) is 0. The number of nitrogens with one attached hydrogen (secondary N) is 1. The molecule has 0 saturated carbocycles. The molecule has 1 aliphatic heterocycles. The maximum atomic E-state index is 12.5. The molecule has 1 aliphatic rings. The molecule has 0 unspecified atom stereocenters. The van der Waals surface area contributed by atoms with Crippen LogP contribution in [-0.2, 0) is 6.54 Å². The van der Waals surface area contributed by atoms with E-state index >= 15 is 0 Å². The topological polar surface area (TPSA) is 95.4 Å². The Labute approximate surface area is 167 Å². The van der Waals surface area contributed by atoms with Crippen molar-refractivity contribution in [1.29, 1.82) is 0 Å². The molecule has 0 aliphatic carbocycles. The molecule has 1 aromatic carbocycles. The number of aromatic amines is 1. The smallest absolute Gasteiger partial charge is 0.357 e. The highest BCUT2D eigenvalue weighted by molar-refractivity contribution is 9.10. The summed E-state index contributed by atoms with van der Waals surface area (Å²) in [4.78, 5) is 26.6. The first kappa shape index (κ1) is 19.1. The van der Waals surface area contributed by atoms with Crippen LogP contribution in [0.3, 0.4) is 0 Å². The summed E-state index contributed by atoms with van der Waals surface area (Å²) in [6, 6.07) is 5.40. The average molecular weight is 463 g/mol. The maximum absolute atomic E-state index is 12.5. The summed E-state index contributed by atoms with van der Waals surface area (Å²) < 4.78 is 0.0721. The number of rotatable bonds is 4. The van der Waals surface area contributed by atoms with Crippen molar-refractivity contribution in [2.45, 2.75) is 6.54 Å². The molecule has 11 heteroatoms. The zero-order chi connectivity index (χ0) is 18.8. The van der Waals surface area contributed by atoms with E-state index in [9.17, 15) is 14.9 Å². The highest BCUT2D eigenvalue weighted by Gasteiger charge is 2.30. The van der Waals surface area contributed by atoms with Gasteiger partial charge in [0, 0.05) is 42.8 Å².